The van der Waals surface area contributed by atoms with Gasteiger partial charge in [0.15, 0.2) is 0 Å². The number of fused-ring (bicyclic) bond motifs is 1. The van der Waals surface area contributed by atoms with Crippen molar-refractivity contribution >= 4 is 22.7 Å². The van der Waals surface area contributed by atoms with E-state index in [1.54, 1.807) is 12.4 Å². The third-order valence-corrected chi connectivity index (χ3v) is 1.47. The van der Waals surface area contributed by atoms with Crippen LogP contribution < -0.4 is 11.5 Å². The number of nitrogens with one attached hydrogen (secondary N) is 1. The molecule has 0 aromatic carbocycles. The van der Waals surface area contributed by atoms with Gasteiger partial charge < -0.3 is 16.5 Å². The van der Waals surface area contributed by atoms with Crippen LogP contribution in [0.5, 0.6) is 0 Å². The highest BCUT2D eigenvalue weighted by molar-refractivity contribution is 5.88. The molecule has 56 valence electrons. The molecule has 5 heteroatoms. The Hall–Kier alpha value is -1.78. The molecule has 0 saturated carbocycles. The van der Waals surface area contributed by atoms with Crippen LogP contribution in [0.3, 0.4) is 0 Å². The summed E-state index contributed by atoms with van der Waals surface area (Å²) in [6.07, 6.45) is 3.47. The molecule has 0 radical (unpaired) electrons. The van der Waals surface area contributed by atoms with E-state index < -0.39 is 0 Å². The average Bonchev–Trinajstić information content (AvgIpc) is 2.34. The molecule has 2 aromatic rings. The molecule has 0 aliphatic carbocycles. The number of hydrogen-bond donors (Lipinski definition) is 3. The van der Waals surface area contributed by atoms with Crippen LogP contribution in [0.4, 0.5) is 11.8 Å². The summed E-state index contributed by atoms with van der Waals surface area (Å²) in [6.45, 7) is 0. The Balaban J connectivity index is 2.91. The first-order valence-corrected chi connectivity index (χ1v) is 3.13. The summed E-state index contributed by atoms with van der Waals surface area (Å²) in [5.74, 6) is 0.614. The minimum atomic E-state index is 0.203. The molecule has 2 rings (SSSR count). The lowest BCUT2D eigenvalue weighted by Gasteiger charge is -1.95. The van der Waals surface area contributed by atoms with Gasteiger partial charge in [0.25, 0.3) is 0 Å². The van der Waals surface area contributed by atoms with Crippen LogP contribution in [0, 0.1) is 0 Å². The molecule has 0 atom stereocenters. The molecule has 2 heterocycles. The Labute approximate surface area is 62.4 Å². The van der Waals surface area contributed by atoms with Gasteiger partial charge in [-0.3, -0.25) is 0 Å². The largest absolute Gasteiger partial charge is 0.383 e. The Bertz CT molecular complexity index is 391. The monoisotopic (exact) mass is 149 g/mol. The number of nitrogens with zero attached hydrogens (tertiary/aromatic N) is 2. The maximum atomic E-state index is 5.55. The van der Waals surface area contributed by atoms with Crippen molar-refractivity contribution in [1.82, 2.24) is 15.0 Å². The SMILES string of the molecule is Nc1nc(N)c2c[nH]cc2n1. The molecular formula is C6H7N5. The topological polar surface area (TPSA) is 93.6 Å². The molecule has 0 amide bonds. The second kappa shape index (κ2) is 1.85. The van der Waals surface area contributed by atoms with Gasteiger partial charge in [0, 0.05) is 12.4 Å². The third-order valence-electron chi connectivity index (χ3n) is 1.47. The fraction of sp³-hybridized carbons (Fsp3) is 0. The molecule has 0 unspecified atom stereocenters. The molecule has 0 saturated heterocycles. The van der Waals surface area contributed by atoms with Gasteiger partial charge in [-0.2, -0.15) is 4.98 Å². The van der Waals surface area contributed by atoms with E-state index in [-0.39, 0.29) is 5.95 Å². The molecule has 0 aliphatic rings. The maximum Gasteiger partial charge on any atom is 0.222 e. The molecule has 5 nitrogen and oxygen atoms in total. The standard InChI is InChI=1S/C6H7N5/c7-5-3-1-9-2-4(3)10-6(8)11-5/h1-2,9H,(H4,7,8,10,11). The van der Waals surface area contributed by atoms with E-state index in [2.05, 4.69) is 15.0 Å². The first kappa shape index (κ1) is 5.96. The van der Waals surface area contributed by atoms with Crippen LogP contribution in [0.2, 0.25) is 0 Å². The number of aromatic nitrogens is 3. The predicted molar refractivity (Wildman–Crippen MR) is 42.7 cm³/mol. The Morgan fingerprint density at radius 3 is 2.82 bits per heavy atom. The molecule has 0 aliphatic heterocycles. The summed E-state index contributed by atoms with van der Waals surface area (Å²) in [5, 5.41) is 0.805. The van der Waals surface area contributed by atoms with Crippen molar-refractivity contribution < 1.29 is 0 Å². The average molecular weight is 149 g/mol. The van der Waals surface area contributed by atoms with Gasteiger partial charge in [0.05, 0.1) is 10.9 Å². The van der Waals surface area contributed by atoms with E-state index in [4.69, 9.17) is 11.5 Å². The number of nitrogen functional groups attached to an aromatic ring is 2. The Kier molecular flexibility index (Phi) is 1.00. The van der Waals surface area contributed by atoms with E-state index in [9.17, 15) is 0 Å². The van der Waals surface area contributed by atoms with Crippen molar-refractivity contribution in [1.29, 1.82) is 0 Å². The maximum absolute atomic E-state index is 5.55. The summed E-state index contributed by atoms with van der Waals surface area (Å²) in [4.78, 5) is 10.6. The van der Waals surface area contributed by atoms with Gasteiger partial charge in [-0.15, -0.1) is 0 Å². The quantitative estimate of drug-likeness (QED) is 0.496. The number of anilines is 2. The van der Waals surface area contributed by atoms with Crippen molar-refractivity contribution in [3.8, 4) is 0 Å². The van der Waals surface area contributed by atoms with Gasteiger partial charge in [0.1, 0.15) is 5.82 Å². The van der Waals surface area contributed by atoms with E-state index in [1.165, 1.54) is 0 Å². The first-order chi connectivity index (χ1) is 5.27. The van der Waals surface area contributed by atoms with E-state index in [0.717, 1.165) is 10.9 Å². The molecule has 2 aromatic heterocycles. The van der Waals surface area contributed by atoms with Crippen molar-refractivity contribution in [2.75, 3.05) is 11.5 Å². The highest BCUT2D eigenvalue weighted by Crippen LogP contribution is 2.16. The Morgan fingerprint density at radius 2 is 2.00 bits per heavy atom. The lowest BCUT2D eigenvalue weighted by atomic mass is 10.4. The van der Waals surface area contributed by atoms with E-state index in [0.29, 0.717) is 5.82 Å². The van der Waals surface area contributed by atoms with E-state index in [1.807, 2.05) is 0 Å². The van der Waals surface area contributed by atoms with Gasteiger partial charge in [-0.1, -0.05) is 0 Å². The summed E-state index contributed by atoms with van der Waals surface area (Å²) in [7, 11) is 0. The highest BCUT2D eigenvalue weighted by Gasteiger charge is 2.01. The van der Waals surface area contributed by atoms with Crippen molar-refractivity contribution in [3.05, 3.63) is 12.4 Å². The lowest BCUT2D eigenvalue weighted by Crippen LogP contribution is -1.98. The molecule has 0 spiro atoms. The van der Waals surface area contributed by atoms with Gasteiger partial charge >= 0.3 is 0 Å². The van der Waals surface area contributed by atoms with Crippen LogP contribution >= 0.6 is 0 Å². The number of nitrogens with two attached hydrogens (primary N) is 2. The second-order valence-electron chi connectivity index (χ2n) is 2.22. The van der Waals surface area contributed by atoms with Crippen LogP contribution in [-0.4, -0.2) is 15.0 Å². The Morgan fingerprint density at radius 1 is 1.18 bits per heavy atom. The van der Waals surface area contributed by atoms with Crippen LogP contribution in [0.15, 0.2) is 12.4 Å². The number of hydrogen-bond acceptors (Lipinski definition) is 4. The number of rotatable bonds is 0. The fourth-order valence-corrected chi connectivity index (χ4v) is 0.985. The normalized spacial score (nSPS) is 10.5. The molecule has 11 heavy (non-hydrogen) atoms. The minimum Gasteiger partial charge on any atom is -0.383 e. The third kappa shape index (κ3) is 0.778. The lowest BCUT2D eigenvalue weighted by molar-refractivity contribution is 1.25. The molecule has 0 fully saturated rings. The number of H-pyrrole nitrogens is 1. The fourth-order valence-electron chi connectivity index (χ4n) is 0.985. The molecular weight excluding hydrogens is 142 g/mol. The first-order valence-electron chi connectivity index (χ1n) is 3.13. The molecule has 0 bridgehead atoms. The summed E-state index contributed by atoms with van der Waals surface area (Å²) in [5.41, 5.74) is 11.7. The minimum absolute atomic E-state index is 0.203. The zero-order chi connectivity index (χ0) is 7.84. The van der Waals surface area contributed by atoms with Crippen molar-refractivity contribution in [2.24, 2.45) is 0 Å². The smallest absolute Gasteiger partial charge is 0.222 e. The van der Waals surface area contributed by atoms with Crippen molar-refractivity contribution in [2.45, 2.75) is 0 Å². The molecule has 5 N–H and O–H groups in total. The van der Waals surface area contributed by atoms with Crippen LogP contribution in [-0.2, 0) is 0 Å². The van der Waals surface area contributed by atoms with Gasteiger partial charge in [-0.05, 0) is 0 Å². The summed E-state index contributed by atoms with van der Waals surface area (Å²) < 4.78 is 0. The summed E-state index contributed by atoms with van der Waals surface area (Å²) >= 11 is 0. The van der Waals surface area contributed by atoms with Crippen molar-refractivity contribution in [3.63, 3.8) is 0 Å². The van der Waals surface area contributed by atoms with Gasteiger partial charge in [0.2, 0.25) is 5.95 Å². The zero-order valence-corrected chi connectivity index (χ0v) is 5.70. The number of aromatic amines is 1. The van der Waals surface area contributed by atoms with Crippen LogP contribution in [0.1, 0.15) is 0 Å². The zero-order valence-electron chi connectivity index (χ0n) is 5.70. The predicted octanol–water partition coefficient (Wildman–Crippen LogP) is 0.122. The second-order valence-corrected chi connectivity index (χ2v) is 2.22. The van der Waals surface area contributed by atoms with E-state index >= 15 is 0 Å². The summed E-state index contributed by atoms with van der Waals surface area (Å²) in [6, 6.07) is 0. The van der Waals surface area contributed by atoms with Gasteiger partial charge in [-0.25, -0.2) is 4.98 Å². The highest BCUT2D eigenvalue weighted by atomic mass is 15.0. The van der Waals surface area contributed by atoms with Crippen LogP contribution in [0.25, 0.3) is 10.9 Å².